The molecule has 3 aromatic rings. The largest absolute Gasteiger partial charge is 0.391 e. The summed E-state index contributed by atoms with van der Waals surface area (Å²) < 4.78 is 1.79. The zero-order valence-corrected chi connectivity index (χ0v) is 22.4. The standard InChI is InChI=1S/C20H32B8N6/c1-12-8-13(30-16-29-11-33(31-16)14-6-4-3-5-7-14)10-15(9-12)34-19(25,26)17(21,22)32(2)18(23,24)20(34,27)28/h3-11H,21-28H2,1-2H3,(H,30,31). The molecular weight excluding hydrogens is 411 g/mol. The van der Waals surface area contributed by atoms with E-state index in [4.69, 9.17) is 0 Å². The molecule has 2 aromatic carbocycles. The molecule has 0 radical (unpaired) electrons. The number of hydrogen-bond donors (Lipinski definition) is 1. The van der Waals surface area contributed by atoms with Gasteiger partial charge in [0.05, 0.1) is 5.69 Å². The fourth-order valence-corrected chi connectivity index (χ4v) is 5.53. The fraction of sp³-hybridized carbons (Fsp3) is 0.300. The van der Waals surface area contributed by atoms with Crippen LogP contribution in [0.2, 0.25) is 0 Å². The van der Waals surface area contributed by atoms with Gasteiger partial charge in [0.2, 0.25) is 5.95 Å². The fourth-order valence-electron chi connectivity index (χ4n) is 5.53. The van der Waals surface area contributed by atoms with Crippen LogP contribution in [0.1, 0.15) is 5.56 Å². The predicted octanol–water partition coefficient (Wildman–Crippen LogP) is -5.25. The minimum atomic E-state index is -0.126. The van der Waals surface area contributed by atoms with Gasteiger partial charge in [0.15, 0.2) is 0 Å². The molecule has 0 amide bonds. The van der Waals surface area contributed by atoms with Gasteiger partial charge in [0, 0.05) is 11.4 Å². The van der Waals surface area contributed by atoms with Crippen LogP contribution in [0.15, 0.2) is 54.9 Å². The highest BCUT2D eigenvalue weighted by molar-refractivity contribution is 6.62. The number of piperazine rings is 1. The van der Waals surface area contributed by atoms with Crippen LogP contribution in [-0.4, -0.2) is 111 Å². The summed E-state index contributed by atoms with van der Waals surface area (Å²) in [6, 6.07) is 16.7. The van der Waals surface area contributed by atoms with Gasteiger partial charge in [-0.2, -0.15) is 4.98 Å². The van der Waals surface area contributed by atoms with Crippen LogP contribution in [-0.2, 0) is 0 Å². The Balaban J connectivity index is 1.74. The van der Waals surface area contributed by atoms with E-state index in [0.29, 0.717) is 5.95 Å². The van der Waals surface area contributed by atoms with Crippen molar-refractivity contribution in [2.45, 2.75) is 28.3 Å². The van der Waals surface area contributed by atoms with Crippen LogP contribution in [0, 0.1) is 6.92 Å². The van der Waals surface area contributed by atoms with Crippen LogP contribution in [0.3, 0.4) is 0 Å². The number of para-hydroxylation sites is 1. The van der Waals surface area contributed by atoms with E-state index in [-0.39, 0.29) is 21.4 Å². The van der Waals surface area contributed by atoms with Crippen LogP contribution < -0.4 is 10.2 Å². The quantitative estimate of drug-likeness (QED) is 0.409. The van der Waals surface area contributed by atoms with E-state index in [2.05, 4.69) is 120 Å². The molecule has 6 nitrogen and oxygen atoms in total. The van der Waals surface area contributed by atoms with Gasteiger partial charge in [-0.05, 0) is 71.2 Å². The molecular formula is C20H32B8N6. The molecule has 14 heteroatoms. The third-order valence-electron chi connectivity index (χ3n) is 8.88. The van der Waals surface area contributed by atoms with E-state index in [0.717, 1.165) is 11.4 Å². The third-order valence-corrected chi connectivity index (χ3v) is 8.88. The normalized spacial score (nSPS) is 20.6. The minimum absolute atomic E-state index is 0.0562. The number of rotatable bonds is 4. The Kier molecular flexibility index (Phi) is 5.91. The molecule has 2 heterocycles. The highest BCUT2D eigenvalue weighted by Crippen LogP contribution is 2.44. The first-order valence-corrected chi connectivity index (χ1v) is 12.1. The molecule has 34 heavy (non-hydrogen) atoms. The Morgan fingerprint density at radius 2 is 1.35 bits per heavy atom. The maximum atomic E-state index is 4.64. The summed E-state index contributed by atoms with van der Waals surface area (Å²) in [6.07, 6.45) is 1.74. The summed E-state index contributed by atoms with van der Waals surface area (Å²) in [5.74, 6) is 0.581. The summed E-state index contributed by atoms with van der Waals surface area (Å²) in [6.45, 7) is 2.15. The lowest BCUT2D eigenvalue weighted by molar-refractivity contribution is 0.141. The molecule has 1 fully saturated rings. The highest BCUT2D eigenvalue weighted by Gasteiger charge is 2.60. The summed E-state index contributed by atoms with van der Waals surface area (Å²) in [7, 11) is 21.1. The van der Waals surface area contributed by atoms with E-state index in [9.17, 15) is 0 Å². The lowest BCUT2D eigenvalue weighted by Crippen LogP contribution is -2.91. The first kappa shape index (κ1) is 24.8. The maximum absolute atomic E-state index is 4.64. The van der Waals surface area contributed by atoms with Crippen molar-refractivity contribution in [3.63, 3.8) is 0 Å². The molecule has 0 spiro atoms. The molecule has 166 valence electrons. The van der Waals surface area contributed by atoms with Gasteiger partial charge in [-0.15, -0.1) is 5.10 Å². The first-order chi connectivity index (χ1) is 15.7. The molecule has 0 aliphatic carbocycles. The minimum Gasteiger partial charge on any atom is -0.391 e. The van der Waals surface area contributed by atoms with E-state index in [1.807, 2.05) is 30.3 Å². The van der Waals surface area contributed by atoms with Crippen LogP contribution in [0.5, 0.6) is 0 Å². The Hall–Kier alpha value is -2.34. The average molecular weight is 443 g/mol. The Morgan fingerprint density at radius 3 is 1.94 bits per heavy atom. The Bertz CT molecular complexity index is 1170. The number of hydrogen-bond acceptors (Lipinski definition) is 5. The number of likely N-dealkylation sites (N-methyl/N-ethyl adjacent to an activating group) is 1. The second-order valence-corrected chi connectivity index (χ2v) is 11.7. The number of nitrogens with one attached hydrogen (secondary N) is 1. The van der Waals surface area contributed by atoms with Gasteiger partial charge in [-0.3, -0.25) is 0 Å². The second-order valence-electron chi connectivity index (χ2n) is 11.7. The van der Waals surface area contributed by atoms with Crippen molar-refractivity contribution in [3.05, 3.63) is 60.4 Å². The van der Waals surface area contributed by atoms with Crippen molar-refractivity contribution in [2.75, 3.05) is 17.3 Å². The van der Waals surface area contributed by atoms with Crippen LogP contribution in [0.25, 0.3) is 5.69 Å². The first-order valence-electron chi connectivity index (χ1n) is 12.1. The monoisotopic (exact) mass is 444 g/mol. The van der Waals surface area contributed by atoms with Crippen LogP contribution in [0.4, 0.5) is 17.3 Å². The molecule has 0 atom stereocenters. The number of nitrogens with zero attached hydrogens (tertiary/aromatic N) is 5. The van der Waals surface area contributed by atoms with Gasteiger partial charge in [0.1, 0.15) is 69.1 Å². The lowest BCUT2D eigenvalue weighted by Gasteiger charge is -2.74. The van der Waals surface area contributed by atoms with Crippen molar-refractivity contribution in [2.24, 2.45) is 0 Å². The number of anilines is 3. The number of benzene rings is 2. The molecule has 4 rings (SSSR count). The molecule has 1 N–H and O–H groups in total. The summed E-state index contributed by atoms with van der Waals surface area (Å²) >= 11 is 0. The molecule has 1 aliphatic rings. The topological polar surface area (TPSA) is 49.2 Å². The molecule has 0 unspecified atom stereocenters. The zero-order chi connectivity index (χ0) is 25.1. The van der Waals surface area contributed by atoms with Crippen molar-refractivity contribution < 1.29 is 0 Å². The van der Waals surface area contributed by atoms with Crippen LogP contribution >= 0.6 is 0 Å². The van der Waals surface area contributed by atoms with Gasteiger partial charge in [0.25, 0.3) is 0 Å². The summed E-state index contributed by atoms with van der Waals surface area (Å²) in [5, 5.41) is 7.71. The van der Waals surface area contributed by atoms with Crippen molar-refractivity contribution >= 4 is 80.1 Å². The number of aryl methyl sites for hydroxylation is 1. The second kappa shape index (κ2) is 8.11. The highest BCUT2D eigenvalue weighted by atomic mass is 15.4. The molecule has 1 aliphatic heterocycles. The Morgan fingerprint density at radius 1 is 0.765 bits per heavy atom. The van der Waals surface area contributed by atoms with Crippen molar-refractivity contribution in [1.82, 2.24) is 19.7 Å². The van der Waals surface area contributed by atoms with E-state index < -0.39 is 0 Å². The predicted molar refractivity (Wildman–Crippen MR) is 165 cm³/mol. The smallest absolute Gasteiger partial charge is 0.246 e. The third kappa shape index (κ3) is 3.74. The van der Waals surface area contributed by atoms with Crippen molar-refractivity contribution in [1.29, 1.82) is 0 Å². The molecule has 0 bridgehead atoms. The Labute approximate surface area is 211 Å². The zero-order valence-electron chi connectivity index (χ0n) is 22.4. The number of aromatic nitrogens is 3. The van der Waals surface area contributed by atoms with Gasteiger partial charge in [-0.1, -0.05) is 18.2 Å². The molecule has 1 saturated heterocycles. The summed E-state index contributed by atoms with van der Waals surface area (Å²) in [5.41, 5.74) is 4.37. The van der Waals surface area contributed by atoms with Crippen molar-refractivity contribution in [3.8, 4) is 5.69 Å². The van der Waals surface area contributed by atoms with E-state index in [1.165, 1.54) is 11.3 Å². The molecule has 0 saturated carbocycles. The van der Waals surface area contributed by atoms with Gasteiger partial charge < -0.3 is 15.1 Å². The maximum Gasteiger partial charge on any atom is 0.246 e. The van der Waals surface area contributed by atoms with E-state index >= 15 is 0 Å². The summed E-state index contributed by atoms with van der Waals surface area (Å²) in [4.78, 5) is 9.66. The van der Waals surface area contributed by atoms with Gasteiger partial charge in [-0.25, -0.2) is 4.68 Å². The molecule has 1 aromatic heterocycles. The average Bonchev–Trinajstić information content (AvgIpc) is 3.20. The lowest BCUT2D eigenvalue weighted by atomic mass is 9.26. The van der Waals surface area contributed by atoms with Gasteiger partial charge >= 0.3 is 0 Å². The SMILES string of the molecule is BC1(B)N(C)C(B)(B)C(B)(B)N(c2cc(C)cc(Nc3ncn(-c4ccccc4)n3)c2)C1(B)B. The van der Waals surface area contributed by atoms with E-state index in [1.54, 1.807) is 11.0 Å².